The molecule has 0 saturated heterocycles. The fourth-order valence-electron chi connectivity index (χ4n) is 1.92. The molecule has 0 aliphatic heterocycles. The maximum atomic E-state index is 11.0. The molecule has 0 spiro atoms. The zero-order valence-electron chi connectivity index (χ0n) is 9.66. The Balaban J connectivity index is 2.99. The lowest BCUT2D eigenvalue weighted by Gasteiger charge is -2.21. The highest BCUT2D eigenvalue weighted by Gasteiger charge is 2.19. The molecule has 0 heterocycles. The highest BCUT2D eigenvalue weighted by molar-refractivity contribution is 5.74. The van der Waals surface area contributed by atoms with Gasteiger partial charge in [-0.2, -0.15) is 0 Å². The molecular formula is C13H19NO. The molecule has 0 aliphatic carbocycles. The second-order valence-electron chi connectivity index (χ2n) is 4.38. The summed E-state index contributed by atoms with van der Waals surface area (Å²) >= 11 is 0. The number of hydrogen-bond donors (Lipinski definition) is 1. The second-order valence-corrected chi connectivity index (χ2v) is 4.38. The fourth-order valence-corrected chi connectivity index (χ4v) is 1.92. The zero-order valence-corrected chi connectivity index (χ0v) is 9.66. The lowest BCUT2D eigenvalue weighted by Crippen LogP contribution is -2.19. The van der Waals surface area contributed by atoms with Gasteiger partial charge in [0.05, 0.1) is 0 Å². The number of carbonyl (C=O) groups is 1. The number of aryl methyl sites for hydroxylation is 1. The molecule has 2 nitrogen and oxygen atoms in total. The monoisotopic (exact) mass is 205 g/mol. The van der Waals surface area contributed by atoms with E-state index in [1.54, 1.807) is 0 Å². The van der Waals surface area contributed by atoms with Crippen molar-refractivity contribution in [2.75, 3.05) is 0 Å². The van der Waals surface area contributed by atoms with Crippen molar-refractivity contribution in [1.82, 2.24) is 0 Å². The summed E-state index contributed by atoms with van der Waals surface area (Å²) in [5.41, 5.74) is 7.76. The molecule has 0 bridgehead atoms. The van der Waals surface area contributed by atoms with Crippen LogP contribution in [0, 0.1) is 12.8 Å². The van der Waals surface area contributed by atoms with Crippen LogP contribution in [0.25, 0.3) is 0 Å². The van der Waals surface area contributed by atoms with Crippen molar-refractivity contribution >= 4 is 5.91 Å². The van der Waals surface area contributed by atoms with Crippen LogP contribution in [0.1, 0.15) is 37.3 Å². The van der Waals surface area contributed by atoms with Gasteiger partial charge >= 0.3 is 0 Å². The van der Waals surface area contributed by atoms with Crippen molar-refractivity contribution in [2.24, 2.45) is 11.7 Å². The van der Waals surface area contributed by atoms with Crippen LogP contribution in [0.2, 0.25) is 0 Å². The largest absolute Gasteiger partial charge is 0.370 e. The molecule has 1 rings (SSSR count). The Labute approximate surface area is 91.5 Å². The minimum Gasteiger partial charge on any atom is -0.370 e. The van der Waals surface area contributed by atoms with E-state index < -0.39 is 0 Å². The molecule has 1 aromatic rings. The van der Waals surface area contributed by atoms with Gasteiger partial charge in [-0.05, 0) is 29.9 Å². The van der Waals surface area contributed by atoms with Crippen LogP contribution >= 0.6 is 0 Å². The Morgan fingerprint density at radius 2 is 1.93 bits per heavy atom. The minimum atomic E-state index is -0.225. The van der Waals surface area contributed by atoms with Gasteiger partial charge in [-0.25, -0.2) is 0 Å². The summed E-state index contributed by atoms with van der Waals surface area (Å²) in [6.07, 6.45) is 0.433. The summed E-state index contributed by atoms with van der Waals surface area (Å²) in [6, 6.07) is 8.19. The van der Waals surface area contributed by atoms with Crippen LogP contribution in [0.5, 0.6) is 0 Å². The van der Waals surface area contributed by atoms with E-state index in [0.717, 1.165) is 0 Å². The van der Waals surface area contributed by atoms with Gasteiger partial charge in [0, 0.05) is 6.42 Å². The molecule has 0 aromatic heterocycles. The highest BCUT2D eigenvalue weighted by atomic mass is 16.1. The van der Waals surface area contributed by atoms with Crippen molar-refractivity contribution in [2.45, 2.75) is 33.1 Å². The van der Waals surface area contributed by atoms with Crippen LogP contribution in [0.15, 0.2) is 24.3 Å². The number of benzene rings is 1. The first-order valence-corrected chi connectivity index (χ1v) is 5.36. The Morgan fingerprint density at radius 1 is 1.33 bits per heavy atom. The van der Waals surface area contributed by atoms with E-state index in [0.29, 0.717) is 12.3 Å². The first-order valence-electron chi connectivity index (χ1n) is 5.36. The molecule has 82 valence electrons. The zero-order chi connectivity index (χ0) is 11.4. The Morgan fingerprint density at radius 3 is 2.40 bits per heavy atom. The quantitative estimate of drug-likeness (QED) is 0.806. The van der Waals surface area contributed by atoms with Gasteiger partial charge in [0.2, 0.25) is 5.91 Å². The summed E-state index contributed by atoms with van der Waals surface area (Å²) in [5, 5.41) is 0. The summed E-state index contributed by atoms with van der Waals surface area (Å²) < 4.78 is 0. The smallest absolute Gasteiger partial charge is 0.218 e. The van der Waals surface area contributed by atoms with Gasteiger partial charge in [0.25, 0.3) is 0 Å². The predicted octanol–water partition coefficient (Wildman–Crippen LogP) is 2.61. The van der Waals surface area contributed by atoms with Gasteiger partial charge in [-0.15, -0.1) is 0 Å². The van der Waals surface area contributed by atoms with Crippen molar-refractivity contribution in [3.63, 3.8) is 0 Å². The normalized spacial score (nSPS) is 12.8. The van der Waals surface area contributed by atoms with E-state index in [-0.39, 0.29) is 11.8 Å². The van der Waals surface area contributed by atoms with E-state index in [4.69, 9.17) is 5.73 Å². The number of amides is 1. The highest BCUT2D eigenvalue weighted by Crippen LogP contribution is 2.29. The first kappa shape index (κ1) is 11.8. The third kappa shape index (κ3) is 3.08. The van der Waals surface area contributed by atoms with E-state index in [9.17, 15) is 4.79 Å². The van der Waals surface area contributed by atoms with Gasteiger partial charge in [0.1, 0.15) is 0 Å². The summed E-state index contributed by atoms with van der Waals surface area (Å²) in [7, 11) is 0. The van der Waals surface area contributed by atoms with Crippen molar-refractivity contribution in [3.05, 3.63) is 35.4 Å². The summed E-state index contributed by atoms with van der Waals surface area (Å²) in [6.45, 7) is 6.33. The molecule has 0 radical (unpaired) electrons. The van der Waals surface area contributed by atoms with Gasteiger partial charge in [0.15, 0.2) is 0 Å². The molecular weight excluding hydrogens is 186 g/mol. The van der Waals surface area contributed by atoms with E-state index in [1.807, 2.05) is 12.1 Å². The van der Waals surface area contributed by atoms with Crippen LogP contribution in [-0.4, -0.2) is 5.91 Å². The van der Waals surface area contributed by atoms with E-state index >= 15 is 0 Å². The Kier molecular flexibility index (Phi) is 3.89. The fraction of sp³-hybridized carbons (Fsp3) is 0.462. The molecule has 1 amide bonds. The van der Waals surface area contributed by atoms with Gasteiger partial charge < -0.3 is 5.73 Å². The van der Waals surface area contributed by atoms with E-state index in [1.165, 1.54) is 11.1 Å². The topological polar surface area (TPSA) is 43.1 Å². The molecule has 15 heavy (non-hydrogen) atoms. The molecule has 1 aromatic carbocycles. The Bertz CT molecular complexity index is 344. The number of carbonyl (C=O) groups excluding carboxylic acids is 1. The second kappa shape index (κ2) is 4.96. The number of primary amides is 1. The van der Waals surface area contributed by atoms with Crippen LogP contribution in [-0.2, 0) is 4.79 Å². The number of hydrogen-bond acceptors (Lipinski definition) is 1. The number of rotatable bonds is 4. The number of nitrogens with two attached hydrogens (primary N) is 1. The molecule has 0 saturated carbocycles. The third-order valence-corrected chi connectivity index (χ3v) is 2.81. The van der Waals surface area contributed by atoms with Crippen LogP contribution < -0.4 is 5.73 Å². The van der Waals surface area contributed by atoms with Crippen LogP contribution in [0.3, 0.4) is 0 Å². The van der Waals surface area contributed by atoms with Gasteiger partial charge in [-0.1, -0.05) is 38.1 Å². The summed E-state index contributed by atoms with van der Waals surface area (Å²) in [5.74, 6) is 0.444. The lowest BCUT2D eigenvalue weighted by molar-refractivity contribution is -0.118. The molecule has 2 heteroatoms. The maximum absolute atomic E-state index is 11.0. The molecule has 2 N–H and O–H groups in total. The van der Waals surface area contributed by atoms with Crippen LogP contribution in [0.4, 0.5) is 0 Å². The SMILES string of the molecule is Cc1ccccc1C(CC(N)=O)C(C)C. The first-order chi connectivity index (χ1) is 7.02. The van der Waals surface area contributed by atoms with Crippen molar-refractivity contribution < 1.29 is 4.79 Å². The summed E-state index contributed by atoms with van der Waals surface area (Å²) in [4.78, 5) is 11.0. The Hall–Kier alpha value is -1.31. The standard InChI is InChI=1S/C13H19NO/c1-9(2)12(8-13(14)15)11-7-5-4-6-10(11)3/h4-7,9,12H,8H2,1-3H3,(H2,14,15). The maximum Gasteiger partial charge on any atom is 0.218 e. The average Bonchev–Trinajstić information content (AvgIpc) is 2.15. The lowest BCUT2D eigenvalue weighted by atomic mass is 9.83. The van der Waals surface area contributed by atoms with Crippen molar-refractivity contribution in [1.29, 1.82) is 0 Å². The van der Waals surface area contributed by atoms with Gasteiger partial charge in [-0.3, -0.25) is 4.79 Å². The molecule has 0 fully saturated rings. The van der Waals surface area contributed by atoms with E-state index in [2.05, 4.69) is 32.9 Å². The third-order valence-electron chi connectivity index (χ3n) is 2.81. The minimum absolute atomic E-state index is 0.225. The average molecular weight is 205 g/mol. The molecule has 1 unspecified atom stereocenters. The predicted molar refractivity (Wildman–Crippen MR) is 62.6 cm³/mol. The molecule has 1 atom stereocenters. The molecule has 0 aliphatic rings. The van der Waals surface area contributed by atoms with Crippen molar-refractivity contribution in [3.8, 4) is 0 Å².